The van der Waals surface area contributed by atoms with Gasteiger partial charge in [0.1, 0.15) is 0 Å². The summed E-state index contributed by atoms with van der Waals surface area (Å²) < 4.78 is 5.39. The number of carbonyl (C=O) groups is 2. The molecule has 1 aromatic heterocycles. The quantitative estimate of drug-likeness (QED) is 0.528. The first-order valence-corrected chi connectivity index (χ1v) is 14.1. The van der Waals surface area contributed by atoms with Crippen LogP contribution in [0.4, 0.5) is 5.13 Å². The van der Waals surface area contributed by atoms with Gasteiger partial charge in [-0.05, 0) is 49.4 Å². The molecule has 0 radical (unpaired) electrons. The van der Waals surface area contributed by atoms with Gasteiger partial charge in [-0.25, -0.2) is 4.98 Å². The maximum Gasteiger partial charge on any atom is 0.229 e. The second-order valence-corrected chi connectivity index (χ2v) is 12.5. The normalized spacial score (nSPS) is 33.9. The van der Waals surface area contributed by atoms with Gasteiger partial charge in [0.05, 0.1) is 25.0 Å². The van der Waals surface area contributed by atoms with Gasteiger partial charge in [0.15, 0.2) is 5.13 Å². The van der Waals surface area contributed by atoms with Crippen LogP contribution < -0.4 is 10.6 Å². The van der Waals surface area contributed by atoms with E-state index in [2.05, 4.69) is 29.4 Å². The number of amides is 2. The maximum atomic E-state index is 13.0. The van der Waals surface area contributed by atoms with Crippen LogP contribution >= 0.6 is 11.3 Å². The Labute approximate surface area is 212 Å². The number of nitrogens with zero attached hydrogens (tertiary/aromatic N) is 2. The van der Waals surface area contributed by atoms with Crippen molar-refractivity contribution in [2.45, 2.75) is 64.9 Å². The Morgan fingerprint density at radius 1 is 1.29 bits per heavy atom. The van der Waals surface area contributed by atoms with Crippen LogP contribution in [0.15, 0.2) is 0 Å². The van der Waals surface area contributed by atoms with Crippen LogP contribution in [0.3, 0.4) is 0 Å². The van der Waals surface area contributed by atoms with Crippen molar-refractivity contribution in [1.29, 1.82) is 0 Å². The van der Waals surface area contributed by atoms with Gasteiger partial charge < -0.3 is 20.5 Å². The van der Waals surface area contributed by atoms with E-state index in [9.17, 15) is 14.7 Å². The molecule has 6 atom stereocenters. The first-order chi connectivity index (χ1) is 16.8. The molecule has 2 heterocycles. The first-order valence-electron chi connectivity index (χ1n) is 13.3. The number of aliphatic hydroxyl groups is 1. The number of ether oxygens (including phenoxy) is 1. The van der Waals surface area contributed by atoms with E-state index in [4.69, 9.17) is 9.72 Å². The number of carbonyl (C=O) groups excluding carboxylic acids is 2. The fourth-order valence-electron chi connectivity index (χ4n) is 6.67. The topological polar surface area (TPSA) is 104 Å². The minimum atomic E-state index is -0.553. The largest absolute Gasteiger partial charge is 0.392 e. The van der Waals surface area contributed by atoms with Crippen molar-refractivity contribution in [3.8, 4) is 0 Å². The number of morpholine rings is 1. The molecule has 0 bridgehead atoms. The molecule has 0 unspecified atom stereocenters. The van der Waals surface area contributed by atoms with Crippen molar-refractivity contribution in [3.63, 3.8) is 0 Å². The van der Waals surface area contributed by atoms with Gasteiger partial charge in [0, 0.05) is 48.8 Å². The van der Waals surface area contributed by atoms with E-state index in [-0.39, 0.29) is 46.8 Å². The predicted molar refractivity (Wildman–Crippen MR) is 135 cm³/mol. The maximum absolute atomic E-state index is 13.0. The number of fused-ring (bicyclic) bond motifs is 2. The molecule has 194 valence electrons. The first kappa shape index (κ1) is 25.1. The zero-order chi connectivity index (χ0) is 24.7. The van der Waals surface area contributed by atoms with Gasteiger partial charge in [-0.3, -0.25) is 14.5 Å². The molecule has 3 fully saturated rings. The van der Waals surface area contributed by atoms with Crippen molar-refractivity contribution in [3.05, 3.63) is 10.6 Å². The van der Waals surface area contributed by atoms with E-state index in [1.807, 2.05) is 6.92 Å². The number of rotatable bonds is 7. The highest BCUT2D eigenvalue weighted by Gasteiger charge is 2.54. The Hall–Kier alpha value is -1.55. The Bertz CT molecular complexity index is 944. The summed E-state index contributed by atoms with van der Waals surface area (Å²) in [6.07, 6.45) is 4.09. The zero-order valence-corrected chi connectivity index (χ0v) is 22.0. The number of aliphatic hydroxyl groups excluding tert-OH is 1. The lowest BCUT2D eigenvalue weighted by Gasteiger charge is -2.53. The van der Waals surface area contributed by atoms with Gasteiger partial charge in [-0.1, -0.05) is 20.8 Å². The molecule has 0 spiro atoms. The van der Waals surface area contributed by atoms with Crippen LogP contribution in [0, 0.1) is 29.1 Å². The van der Waals surface area contributed by atoms with E-state index in [1.165, 1.54) is 4.88 Å². The number of anilines is 1. The highest BCUT2D eigenvalue weighted by Crippen LogP contribution is 2.57. The monoisotopic (exact) mass is 504 g/mol. The average Bonchev–Trinajstić information content (AvgIpc) is 3.61. The molecule has 35 heavy (non-hydrogen) atoms. The van der Waals surface area contributed by atoms with Gasteiger partial charge in [0.25, 0.3) is 0 Å². The average molecular weight is 505 g/mol. The number of hydrogen-bond acceptors (Lipinski definition) is 7. The minimum absolute atomic E-state index is 0.0286. The van der Waals surface area contributed by atoms with Crippen LogP contribution in [0.25, 0.3) is 0 Å². The molecule has 2 amide bonds. The van der Waals surface area contributed by atoms with E-state index in [0.717, 1.165) is 70.6 Å². The second kappa shape index (κ2) is 10.1. The number of thiazole rings is 1. The van der Waals surface area contributed by atoms with Gasteiger partial charge in [0.2, 0.25) is 11.8 Å². The number of hydrogen-bond donors (Lipinski definition) is 3. The summed E-state index contributed by atoms with van der Waals surface area (Å²) in [7, 11) is 0. The molecule has 4 aliphatic rings. The molecule has 2 saturated carbocycles. The summed E-state index contributed by atoms with van der Waals surface area (Å²) in [6.45, 7) is 11.2. The summed E-state index contributed by atoms with van der Waals surface area (Å²) in [5.41, 5.74) is 0.991. The SMILES string of the molecule is C[C@H](C(=O)NCCN1CCOCC1)[C@@H]1CC[C@]2(C)Cc3sc(NC(=O)C4CC4)nc3[C@H](C)[C@@H]2[C@H]1O. The van der Waals surface area contributed by atoms with Crippen molar-refractivity contribution < 1.29 is 19.4 Å². The third-order valence-electron chi connectivity index (χ3n) is 8.99. The highest BCUT2D eigenvalue weighted by atomic mass is 32.1. The van der Waals surface area contributed by atoms with Crippen LogP contribution in [-0.4, -0.2) is 72.3 Å². The minimum Gasteiger partial charge on any atom is -0.392 e. The Morgan fingerprint density at radius 3 is 2.74 bits per heavy atom. The van der Waals surface area contributed by atoms with E-state index >= 15 is 0 Å². The lowest BCUT2D eigenvalue weighted by atomic mass is 9.53. The smallest absolute Gasteiger partial charge is 0.229 e. The third kappa shape index (κ3) is 5.15. The molecule has 5 rings (SSSR count). The summed E-state index contributed by atoms with van der Waals surface area (Å²) in [4.78, 5) is 33.6. The van der Waals surface area contributed by atoms with E-state index in [0.29, 0.717) is 11.7 Å². The van der Waals surface area contributed by atoms with Gasteiger partial charge >= 0.3 is 0 Å². The Morgan fingerprint density at radius 2 is 2.03 bits per heavy atom. The van der Waals surface area contributed by atoms with Crippen molar-refractivity contribution in [2.24, 2.45) is 29.1 Å². The summed E-state index contributed by atoms with van der Waals surface area (Å²) in [6, 6.07) is 0. The third-order valence-corrected chi connectivity index (χ3v) is 9.97. The highest BCUT2D eigenvalue weighted by molar-refractivity contribution is 7.15. The van der Waals surface area contributed by atoms with E-state index < -0.39 is 6.10 Å². The molecule has 3 N–H and O–H groups in total. The molecule has 0 aromatic carbocycles. The van der Waals surface area contributed by atoms with Crippen LogP contribution in [0.5, 0.6) is 0 Å². The lowest BCUT2D eigenvalue weighted by molar-refractivity contribution is -0.134. The predicted octanol–water partition coefficient (Wildman–Crippen LogP) is 2.63. The van der Waals surface area contributed by atoms with E-state index in [1.54, 1.807) is 11.3 Å². The zero-order valence-electron chi connectivity index (χ0n) is 21.2. The summed E-state index contributed by atoms with van der Waals surface area (Å²) in [5.74, 6) is 0.101. The molecule has 8 nitrogen and oxygen atoms in total. The number of aromatic nitrogens is 1. The van der Waals surface area contributed by atoms with Gasteiger partial charge in [-0.2, -0.15) is 0 Å². The second-order valence-electron chi connectivity index (χ2n) is 11.5. The van der Waals surface area contributed by atoms with Crippen molar-refractivity contribution in [1.82, 2.24) is 15.2 Å². The molecule has 9 heteroatoms. The fraction of sp³-hybridized carbons (Fsp3) is 0.808. The Balaban J connectivity index is 1.22. The van der Waals surface area contributed by atoms with Crippen LogP contribution in [0.1, 0.15) is 62.9 Å². The standard InChI is InChI=1S/C26H40N4O4S/c1-15(23(32)27-8-9-30-10-12-34-13-11-30)18-6-7-26(3)14-19-21(16(2)20(26)22(18)31)28-25(35-19)29-24(33)17-4-5-17/h15-18,20,22,31H,4-14H2,1-3H3,(H,27,32)(H,28,29,33)/t15-,16+,18-,20+,22-,26+/m0/s1. The lowest BCUT2D eigenvalue weighted by Crippen LogP contribution is -2.53. The molecule has 1 aromatic rings. The Kier molecular flexibility index (Phi) is 7.23. The summed E-state index contributed by atoms with van der Waals surface area (Å²) in [5, 5.41) is 18.4. The molecule has 3 aliphatic carbocycles. The van der Waals surface area contributed by atoms with Crippen LogP contribution in [0.2, 0.25) is 0 Å². The van der Waals surface area contributed by atoms with Crippen molar-refractivity contribution in [2.75, 3.05) is 44.7 Å². The molecular formula is C26H40N4O4S. The summed E-state index contributed by atoms with van der Waals surface area (Å²) >= 11 is 1.60. The number of nitrogens with one attached hydrogen (secondary N) is 2. The molecule has 1 aliphatic heterocycles. The van der Waals surface area contributed by atoms with Crippen LogP contribution in [-0.2, 0) is 20.7 Å². The fourth-order valence-corrected chi connectivity index (χ4v) is 7.94. The molecule has 1 saturated heterocycles. The van der Waals surface area contributed by atoms with Crippen molar-refractivity contribution >= 4 is 28.3 Å². The van der Waals surface area contributed by atoms with Gasteiger partial charge in [-0.15, -0.1) is 11.3 Å². The molecular weight excluding hydrogens is 464 g/mol.